The molecule has 2 rings (SSSR count). The van der Waals surface area contributed by atoms with Gasteiger partial charge in [0.05, 0.1) is 6.61 Å². The molecule has 1 heterocycles. The number of alkyl halides is 1. The summed E-state index contributed by atoms with van der Waals surface area (Å²) in [6.07, 6.45) is 0.825. The fraction of sp³-hybridized carbons (Fsp3) is 0.375. The predicted molar refractivity (Wildman–Crippen MR) is 86.2 cm³/mol. The number of rotatable bonds is 7. The number of nitrogens with one attached hydrogen (secondary N) is 1. The van der Waals surface area contributed by atoms with Crippen LogP contribution in [0.25, 0.3) is 0 Å². The monoisotopic (exact) mass is 305 g/mol. The highest BCUT2D eigenvalue weighted by Gasteiger charge is 2.11. The Kier molecular flexibility index (Phi) is 5.81. The van der Waals surface area contributed by atoms with Gasteiger partial charge >= 0.3 is 0 Å². The average Bonchev–Trinajstić information content (AvgIpc) is 2.47. The predicted octanol–water partition coefficient (Wildman–Crippen LogP) is 3.45. The van der Waals surface area contributed by atoms with Crippen LogP contribution in [-0.2, 0) is 6.42 Å². The molecule has 0 radical (unpaired) electrons. The largest absolute Gasteiger partial charge is 0.478 e. The Bertz CT molecular complexity index is 563. The average molecular weight is 306 g/mol. The Morgan fingerprint density at radius 2 is 2.00 bits per heavy atom. The molecule has 0 bridgehead atoms. The quantitative estimate of drug-likeness (QED) is 0.796. The van der Waals surface area contributed by atoms with Crippen molar-refractivity contribution < 1.29 is 4.74 Å². The summed E-state index contributed by atoms with van der Waals surface area (Å²) in [5.41, 5.74) is 2.09. The summed E-state index contributed by atoms with van der Waals surface area (Å²) in [5, 5.41) is 3.28. The molecule has 0 fully saturated rings. The van der Waals surface area contributed by atoms with Crippen LogP contribution in [0.1, 0.15) is 18.2 Å². The summed E-state index contributed by atoms with van der Waals surface area (Å²) in [5.74, 6) is 1.62. The highest BCUT2D eigenvalue weighted by molar-refractivity contribution is 6.18. The Labute approximate surface area is 130 Å². The zero-order valence-electron chi connectivity index (χ0n) is 12.3. The molecule has 112 valence electrons. The van der Waals surface area contributed by atoms with Crippen molar-refractivity contribution in [2.45, 2.75) is 26.3 Å². The fourth-order valence-electron chi connectivity index (χ4n) is 2.05. The van der Waals surface area contributed by atoms with Crippen LogP contribution >= 0.6 is 11.6 Å². The zero-order valence-corrected chi connectivity index (χ0v) is 13.1. The van der Waals surface area contributed by atoms with E-state index in [0.717, 1.165) is 12.1 Å². The maximum Gasteiger partial charge on any atom is 0.226 e. The second kappa shape index (κ2) is 7.84. The van der Waals surface area contributed by atoms with E-state index in [9.17, 15) is 0 Å². The Morgan fingerprint density at radius 1 is 1.24 bits per heavy atom. The first kappa shape index (κ1) is 15.6. The van der Waals surface area contributed by atoms with E-state index in [0.29, 0.717) is 24.3 Å². The number of halogens is 1. The Hall–Kier alpha value is -1.81. The molecule has 0 aliphatic heterocycles. The van der Waals surface area contributed by atoms with Gasteiger partial charge in [0.2, 0.25) is 11.8 Å². The van der Waals surface area contributed by atoms with E-state index in [1.165, 1.54) is 5.56 Å². The molecule has 0 amide bonds. The van der Waals surface area contributed by atoms with Gasteiger partial charge in [-0.05, 0) is 25.8 Å². The standard InChI is InChI=1S/C16H20ClN3O/c1-3-21-15-9-12(2)18-16(20-15)19-14(11-17)10-13-7-5-4-6-8-13/h4-9,14H,3,10-11H2,1-2H3,(H,18,19,20). The summed E-state index contributed by atoms with van der Waals surface area (Å²) in [6, 6.07) is 12.1. The van der Waals surface area contributed by atoms with Crippen molar-refractivity contribution in [3.8, 4) is 5.88 Å². The number of anilines is 1. The van der Waals surface area contributed by atoms with Gasteiger partial charge in [0, 0.05) is 23.7 Å². The third-order valence-electron chi connectivity index (χ3n) is 2.97. The molecule has 1 atom stereocenters. The van der Waals surface area contributed by atoms with Crippen LogP contribution in [0.3, 0.4) is 0 Å². The molecule has 5 heteroatoms. The van der Waals surface area contributed by atoms with Crippen molar-refractivity contribution >= 4 is 17.5 Å². The molecule has 1 aromatic heterocycles. The second-order valence-corrected chi connectivity index (χ2v) is 5.10. The van der Waals surface area contributed by atoms with Crippen molar-refractivity contribution in [3.63, 3.8) is 0 Å². The number of nitrogens with zero attached hydrogens (tertiary/aromatic N) is 2. The minimum atomic E-state index is 0.0744. The minimum Gasteiger partial charge on any atom is -0.478 e. The van der Waals surface area contributed by atoms with Crippen LogP contribution < -0.4 is 10.1 Å². The molecule has 0 aliphatic carbocycles. The van der Waals surface area contributed by atoms with Gasteiger partial charge < -0.3 is 10.1 Å². The zero-order chi connectivity index (χ0) is 15.1. The van der Waals surface area contributed by atoms with Crippen molar-refractivity contribution in [2.24, 2.45) is 0 Å². The van der Waals surface area contributed by atoms with E-state index in [1.807, 2.05) is 38.1 Å². The minimum absolute atomic E-state index is 0.0744. The summed E-state index contributed by atoms with van der Waals surface area (Å²) in [7, 11) is 0. The van der Waals surface area contributed by atoms with E-state index in [1.54, 1.807) is 0 Å². The van der Waals surface area contributed by atoms with Crippen molar-refractivity contribution in [1.29, 1.82) is 0 Å². The number of benzene rings is 1. The molecule has 0 spiro atoms. The van der Waals surface area contributed by atoms with Crippen LogP contribution in [0.2, 0.25) is 0 Å². The normalized spacial score (nSPS) is 12.0. The van der Waals surface area contributed by atoms with Gasteiger partial charge in [-0.15, -0.1) is 11.6 Å². The molecule has 4 nitrogen and oxygen atoms in total. The highest BCUT2D eigenvalue weighted by atomic mass is 35.5. The first-order valence-corrected chi connectivity index (χ1v) is 7.59. The smallest absolute Gasteiger partial charge is 0.226 e. The van der Waals surface area contributed by atoms with Gasteiger partial charge in [-0.1, -0.05) is 30.3 Å². The number of hydrogen-bond acceptors (Lipinski definition) is 4. The molecular formula is C16H20ClN3O. The maximum absolute atomic E-state index is 6.06. The van der Waals surface area contributed by atoms with E-state index in [4.69, 9.17) is 16.3 Å². The summed E-state index contributed by atoms with van der Waals surface area (Å²) < 4.78 is 5.44. The first-order valence-electron chi connectivity index (χ1n) is 7.06. The van der Waals surface area contributed by atoms with Crippen molar-refractivity contribution in [1.82, 2.24) is 9.97 Å². The number of aromatic nitrogens is 2. The lowest BCUT2D eigenvalue weighted by Crippen LogP contribution is -2.25. The van der Waals surface area contributed by atoms with Gasteiger partial charge in [0.1, 0.15) is 0 Å². The molecule has 1 unspecified atom stereocenters. The van der Waals surface area contributed by atoms with Crippen LogP contribution in [0.15, 0.2) is 36.4 Å². The molecule has 0 aliphatic rings. The van der Waals surface area contributed by atoms with Crippen LogP contribution in [0.5, 0.6) is 5.88 Å². The fourth-order valence-corrected chi connectivity index (χ4v) is 2.24. The molecular weight excluding hydrogens is 286 g/mol. The lowest BCUT2D eigenvalue weighted by molar-refractivity contribution is 0.326. The maximum atomic E-state index is 6.06. The van der Waals surface area contributed by atoms with Gasteiger partial charge in [0.15, 0.2) is 0 Å². The summed E-state index contributed by atoms with van der Waals surface area (Å²) in [6.45, 7) is 4.43. The lowest BCUT2D eigenvalue weighted by Gasteiger charge is -2.17. The number of hydrogen-bond donors (Lipinski definition) is 1. The summed E-state index contributed by atoms with van der Waals surface area (Å²) >= 11 is 6.06. The molecule has 0 saturated carbocycles. The van der Waals surface area contributed by atoms with Crippen LogP contribution in [0.4, 0.5) is 5.95 Å². The molecule has 2 aromatic rings. The van der Waals surface area contributed by atoms with E-state index < -0.39 is 0 Å². The molecule has 21 heavy (non-hydrogen) atoms. The summed E-state index contributed by atoms with van der Waals surface area (Å²) in [4.78, 5) is 8.73. The van der Waals surface area contributed by atoms with Gasteiger partial charge in [-0.25, -0.2) is 4.98 Å². The van der Waals surface area contributed by atoms with Gasteiger partial charge in [-0.2, -0.15) is 4.98 Å². The molecule has 1 N–H and O–H groups in total. The lowest BCUT2D eigenvalue weighted by atomic mass is 10.1. The Morgan fingerprint density at radius 3 is 2.67 bits per heavy atom. The molecule has 1 aromatic carbocycles. The van der Waals surface area contributed by atoms with E-state index in [2.05, 4.69) is 27.4 Å². The SMILES string of the molecule is CCOc1cc(C)nc(NC(CCl)Cc2ccccc2)n1. The van der Waals surface area contributed by atoms with Crippen LogP contribution in [-0.4, -0.2) is 28.5 Å². The number of ether oxygens (including phenoxy) is 1. The van der Waals surface area contributed by atoms with E-state index >= 15 is 0 Å². The first-order chi connectivity index (χ1) is 10.2. The van der Waals surface area contributed by atoms with Crippen molar-refractivity contribution in [2.75, 3.05) is 17.8 Å². The van der Waals surface area contributed by atoms with Gasteiger partial charge in [0.25, 0.3) is 0 Å². The second-order valence-electron chi connectivity index (χ2n) is 4.79. The van der Waals surface area contributed by atoms with Crippen LogP contribution in [0, 0.1) is 6.92 Å². The van der Waals surface area contributed by atoms with Crippen molar-refractivity contribution in [3.05, 3.63) is 47.7 Å². The van der Waals surface area contributed by atoms with Gasteiger partial charge in [-0.3, -0.25) is 0 Å². The topological polar surface area (TPSA) is 47.0 Å². The third-order valence-corrected chi connectivity index (χ3v) is 3.34. The highest BCUT2D eigenvalue weighted by Crippen LogP contribution is 2.14. The number of aryl methyl sites for hydroxylation is 1. The van der Waals surface area contributed by atoms with E-state index in [-0.39, 0.29) is 6.04 Å². The third kappa shape index (κ3) is 4.90. The molecule has 0 saturated heterocycles. The Balaban J connectivity index is 2.07.